The van der Waals surface area contributed by atoms with E-state index in [0.717, 1.165) is 20.1 Å². The van der Waals surface area contributed by atoms with Crippen LogP contribution in [0.4, 0.5) is 4.39 Å². The Morgan fingerprint density at radius 2 is 1.72 bits per heavy atom. The highest BCUT2D eigenvalue weighted by Gasteiger charge is 2.14. The molecule has 0 aliphatic rings. The molecule has 0 spiro atoms. The van der Waals surface area contributed by atoms with Crippen LogP contribution < -0.4 is 5.32 Å². The maximum Gasteiger partial charge on any atom is 0.141 e. The Balaban J connectivity index is 2.45. The third-order valence-corrected chi connectivity index (χ3v) is 3.48. The van der Waals surface area contributed by atoms with Gasteiger partial charge in [-0.25, -0.2) is 4.39 Å². The predicted octanol–water partition coefficient (Wildman–Crippen LogP) is 4.05. The maximum atomic E-state index is 13.2. The van der Waals surface area contributed by atoms with Crippen LogP contribution in [-0.4, -0.2) is 12.0 Å². The lowest BCUT2D eigenvalue weighted by Gasteiger charge is -2.17. The summed E-state index contributed by atoms with van der Waals surface area (Å²) in [5.41, 5.74) is 1.83. The molecule has 1 atom stereocenters. The van der Waals surface area contributed by atoms with E-state index < -0.39 is 0 Å². The predicted molar refractivity (Wildman–Crippen MR) is 76.9 cm³/mol. The normalized spacial score (nSPS) is 12.4. The molecule has 1 N–H and O–H groups in total. The number of hydrogen-bond donors (Lipinski definition) is 1. The molecule has 1 aromatic heterocycles. The van der Waals surface area contributed by atoms with Gasteiger partial charge < -0.3 is 5.32 Å². The van der Waals surface area contributed by atoms with Crippen LogP contribution in [0.5, 0.6) is 0 Å². The molecule has 0 aliphatic heterocycles. The smallest absolute Gasteiger partial charge is 0.141 e. The number of pyridine rings is 1. The molecular formula is C13H11Br2FN2. The zero-order valence-corrected chi connectivity index (χ0v) is 12.8. The second kappa shape index (κ2) is 5.91. The molecule has 2 rings (SSSR count). The molecule has 2 aromatic rings. The maximum absolute atomic E-state index is 13.2. The molecule has 2 nitrogen and oxygen atoms in total. The third-order valence-electron chi connectivity index (χ3n) is 2.57. The molecule has 0 fully saturated rings. The number of rotatable bonds is 3. The first-order valence-corrected chi connectivity index (χ1v) is 6.92. The van der Waals surface area contributed by atoms with E-state index in [4.69, 9.17) is 0 Å². The van der Waals surface area contributed by atoms with Crippen LogP contribution in [0.25, 0.3) is 0 Å². The summed E-state index contributed by atoms with van der Waals surface area (Å²) in [6.07, 6.45) is 2.87. The summed E-state index contributed by atoms with van der Waals surface area (Å²) in [5.74, 6) is -0.332. The van der Waals surface area contributed by atoms with Gasteiger partial charge in [0.05, 0.1) is 12.2 Å². The third kappa shape index (κ3) is 3.16. The van der Waals surface area contributed by atoms with Gasteiger partial charge in [-0.1, -0.05) is 31.9 Å². The molecule has 1 aromatic carbocycles. The topological polar surface area (TPSA) is 24.9 Å². The van der Waals surface area contributed by atoms with E-state index in [0.29, 0.717) is 0 Å². The Bertz CT molecular complexity index is 540. The van der Waals surface area contributed by atoms with Crippen molar-refractivity contribution in [1.82, 2.24) is 10.3 Å². The average Bonchev–Trinajstić information content (AvgIpc) is 2.28. The van der Waals surface area contributed by atoms with Crippen LogP contribution in [0.3, 0.4) is 0 Å². The van der Waals surface area contributed by atoms with Crippen LogP contribution in [0, 0.1) is 5.82 Å². The summed E-state index contributed by atoms with van der Waals surface area (Å²) < 4.78 is 15.2. The standard InChI is InChI=1S/C13H11Br2FN2/c1-17-13(9-4-12(16)7-18-6-9)8-2-10(14)5-11(15)3-8/h2-7,13,17H,1H3. The molecule has 0 amide bonds. The lowest BCUT2D eigenvalue weighted by Crippen LogP contribution is -2.18. The monoisotopic (exact) mass is 372 g/mol. The van der Waals surface area contributed by atoms with Gasteiger partial charge in [-0.15, -0.1) is 0 Å². The summed E-state index contributed by atoms with van der Waals surface area (Å²) in [6, 6.07) is 7.35. The van der Waals surface area contributed by atoms with Crippen LogP contribution in [-0.2, 0) is 0 Å². The van der Waals surface area contributed by atoms with Crippen molar-refractivity contribution in [1.29, 1.82) is 0 Å². The Labute approximate surface area is 122 Å². The van der Waals surface area contributed by atoms with Gasteiger partial charge in [0, 0.05) is 15.1 Å². The minimum absolute atomic E-state index is 0.0954. The molecular weight excluding hydrogens is 363 g/mol. The molecule has 1 unspecified atom stereocenters. The first-order chi connectivity index (χ1) is 8.60. The molecule has 1 heterocycles. The Kier molecular flexibility index (Phi) is 4.48. The zero-order valence-electron chi connectivity index (χ0n) is 9.62. The largest absolute Gasteiger partial charge is 0.309 e. The fraction of sp³-hybridized carbons (Fsp3) is 0.154. The molecule has 0 saturated heterocycles. The molecule has 18 heavy (non-hydrogen) atoms. The van der Waals surface area contributed by atoms with Crippen molar-refractivity contribution in [2.24, 2.45) is 0 Å². The molecule has 0 radical (unpaired) electrons. The van der Waals surface area contributed by atoms with Crippen LogP contribution in [0.1, 0.15) is 17.2 Å². The molecule has 0 bridgehead atoms. The van der Waals surface area contributed by atoms with Crippen LogP contribution in [0.15, 0.2) is 45.6 Å². The summed E-state index contributed by atoms with van der Waals surface area (Å²) in [6.45, 7) is 0. The quantitative estimate of drug-likeness (QED) is 0.877. The van der Waals surface area contributed by atoms with Gasteiger partial charge in [0.15, 0.2) is 0 Å². The second-order valence-corrected chi connectivity index (χ2v) is 5.69. The summed E-state index contributed by atoms with van der Waals surface area (Å²) in [7, 11) is 1.84. The lowest BCUT2D eigenvalue weighted by atomic mass is 10.0. The van der Waals surface area contributed by atoms with E-state index in [1.807, 2.05) is 25.2 Å². The first-order valence-electron chi connectivity index (χ1n) is 5.34. The minimum atomic E-state index is -0.332. The van der Waals surface area contributed by atoms with E-state index in [9.17, 15) is 4.39 Å². The number of halogens is 3. The SMILES string of the molecule is CNC(c1cncc(F)c1)c1cc(Br)cc(Br)c1. The summed E-state index contributed by atoms with van der Waals surface area (Å²) in [5, 5.41) is 3.17. The van der Waals surface area contributed by atoms with Gasteiger partial charge >= 0.3 is 0 Å². The van der Waals surface area contributed by atoms with Gasteiger partial charge in [-0.05, 0) is 42.4 Å². The van der Waals surface area contributed by atoms with Crippen LogP contribution in [0.2, 0.25) is 0 Å². The lowest BCUT2D eigenvalue weighted by molar-refractivity contribution is 0.608. The molecule has 0 aliphatic carbocycles. The van der Waals surface area contributed by atoms with E-state index in [1.165, 1.54) is 12.3 Å². The molecule has 5 heteroatoms. The van der Waals surface area contributed by atoms with Gasteiger partial charge in [0.25, 0.3) is 0 Å². The summed E-state index contributed by atoms with van der Waals surface area (Å²) in [4.78, 5) is 3.88. The van der Waals surface area contributed by atoms with Crippen molar-refractivity contribution in [2.75, 3.05) is 7.05 Å². The second-order valence-electron chi connectivity index (χ2n) is 3.86. The van der Waals surface area contributed by atoms with Gasteiger partial charge in [0.2, 0.25) is 0 Å². The van der Waals surface area contributed by atoms with Gasteiger partial charge in [0.1, 0.15) is 5.82 Å². The van der Waals surface area contributed by atoms with Crippen LogP contribution >= 0.6 is 31.9 Å². The first kappa shape index (κ1) is 13.6. The van der Waals surface area contributed by atoms with Crippen molar-refractivity contribution in [3.63, 3.8) is 0 Å². The van der Waals surface area contributed by atoms with Crippen molar-refractivity contribution in [3.8, 4) is 0 Å². The minimum Gasteiger partial charge on any atom is -0.309 e. The Morgan fingerprint density at radius 1 is 1.06 bits per heavy atom. The van der Waals surface area contributed by atoms with Crippen molar-refractivity contribution < 1.29 is 4.39 Å². The number of aromatic nitrogens is 1. The highest BCUT2D eigenvalue weighted by atomic mass is 79.9. The fourth-order valence-electron chi connectivity index (χ4n) is 1.85. The van der Waals surface area contributed by atoms with Gasteiger partial charge in [-0.3, -0.25) is 4.98 Å². The van der Waals surface area contributed by atoms with E-state index in [-0.39, 0.29) is 11.9 Å². The number of nitrogens with zero attached hydrogens (tertiary/aromatic N) is 1. The average molecular weight is 374 g/mol. The highest BCUT2D eigenvalue weighted by molar-refractivity contribution is 9.11. The van der Waals surface area contributed by atoms with E-state index in [2.05, 4.69) is 42.2 Å². The number of hydrogen-bond acceptors (Lipinski definition) is 2. The number of nitrogens with one attached hydrogen (secondary N) is 1. The van der Waals surface area contributed by atoms with E-state index in [1.54, 1.807) is 6.20 Å². The van der Waals surface area contributed by atoms with Crippen molar-refractivity contribution >= 4 is 31.9 Å². The molecule has 0 saturated carbocycles. The Hall–Kier alpha value is -0.780. The summed E-state index contributed by atoms with van der Waals surface area (Å²) >= 11 is 6.90. The van der Waals surface area contributed by atoms with Crippen molar-refractivity contribution in [2.45, 2.75) is 6.04 Å². The highest BCUT2D eigenvalue weighted by Crippen LogP contribution is 2.27. The van der Waals surface area contributed by atoms with E-state index >= 15 is 0 Å². The zero-order chi connectivity index (χ0) is 13.1. The number of benzene rings is 1. The van der Waals surface area contributed by atoms with Crippen molar-refractivity contribution in [3.05, 3.63) is 62.5 Å². The van der Waals surface area contributed by atoms with Gasteiger partial charge in [-0.2, -0.15) is 0 Å². The Morgan fingerprint density at radius 3 is 2.28 bits per heavy atom. The fourth-order valence-corrected chi connectivity index (χ4v) is 3.18. The molecule has 94 valence electrons.